The zero-order valence-corrected chi connectivity index (χ0v) is 5.46. The van der Waals surface area contributed by atoms with E-state index in [9.17, 15) is 13.0 Å². The number of nitrogens with zero attached hydrogens (tertiary/aromatic N) is 1. The van der Waals surface area contributed by atoms with Crippen LogP contribution in [0.2, 0.25) is 0 Å². The van der Waals surface area contributed by atoms with Crippen molar-refractivity contribution in [2.24, 2.45) is 0 Å². The van der Waals surface area contributed by atoms with E-state index in [-0.39, 0.29) is 5.75 Å². The third-order valence-corrected chi connectivity index (χ3v) is 1.07. The molecule has 0 aliphatic carbocycles. The Labute approximate surface area is 56.8 Å². The van der Waals surface area contributed by atoms with E-state index in [1.807, 2.05) is 0 Å². The zero-order chi connectivity index (χ0) is 7.61. The molecule has 0 radical (unpaired) electrons. The summed E-state index contributed by atoms with van der Waals surface area (Å²) >= 11 is 0. The molecule has 0 spiro atoms. The molecule has 7 heteroatoms. The Morgan fingerprint density at radius 3 is 2.80 bits per heavy atom. The van der Waals surface area contributed by atoms with Crippen LogP contribution < -0.4 is 4.18 Å². The summed E-state index contributed by atoms with van der Waals surface area (Å²) in [6, 6.07) is 0. The molecule has 0 saturated heterocycles. The van der Waals surface area contributed by atoms with E-state index in [4.69, 9.17) is 0 Å². The molecular weight excluding hydrogens is 160 g/mol. The fourth-order valence-corrected chi connectivity index (χ4v) is 0.729. The van der Waals surface area contributed by atoms with Crippen molar-refractivity contribution in [3.05, 3.63) is 12.4 Å². The number of hydrogen-bond donors (Lipinski definition) is 1. The maximum absolute atomic E-state index is 9.88. The Kier molecular flexibility index (Phi) is 1.60. The second kappa shape index (κ2) is 2.27. The lowest BCUT2D eigenvalue weighted by Crippen LogP contribution is -2.06. The zero-order valence-electron chi connectivity index (χ0n) is 4.64. The number of nitrogens with one attached hydrogen (secondary N) is 1. The number of rotatable bonds is 2. The van der Waals surface area contributed by atoms with E-state index < -0.39 is 10.4 Å². The first-order valence-electron chi connectivity index (χ1n) is 2.22. The molecular formula is C3H3N2O4S-. The topological polar surface area (TPSA) is 95.1 Å². The fraction of sp³-hybridized carbons (Fsp3) is 0. The molecule has 0 fully saturated rings. The Bertz CT molecular complexity index is 288. The van der Waals surface area contributed by atoms with Crippen LogP contribution in [0.25, 0.3) is 0 Å². The van der Waals surface area contributed by atoms with Gasteiger partial charge in [-0.05, 0) is 0 Å². The Morgan fingerprint density at radius 1 is 1.70 bits per heavy atom. The van der Waals surface area contributed by atoms with Crippen molar-refractivity contribution in [3.63, 3.8) is 0 Å². The minimum Gasteiger partial charge on any atom is -0.716 e. The van der Waals surface area contributed by atoms with Crippen LogP contribution in [-0.4, -0.2) is 23.2 Å². The van der Waals surface area contributed by atoms with Gasteiger partial charge in [0.1, 0.15) is 0 Å². The quantitative estimate of drug-likeness (QED) is 0.457. The van der Waals surface area contributed by atoms with Crippen LogP contribution in [0.1, 0.15) is 0 Å². The molecule has 0 amide bonds. The first-order chi connectivity index (χ1) is 4.58. The highest BCUT2D eigenvalue weighted by atomic mass is 32.3. The third-order valence-electron chi connectivity index (χ3n) is 0.671. The van der Waals surface area contributed by atoms with E-state index in [0.717, 1.165) is 12.4 Å². The first-order valence-corrected chi connectivity index (χ1v) is 3.55. The smallest absolute Gasteiger partial charge is 0.262 e. The fourth-order valence-electron chi connectivity index (χ4n) is 0.402. The summed E-state index contributed by atoms with van der Waals surface area (Å²) in [5.74, 6) is -0.116. The van der Waals surface area contributed by atoms with E-state index in [1.165, 1.54) is 0 Å². The molecule has 0 atom stereocenters. The number of hydrogen-bond acceptors (Lipinski definition) is 5. The monoisotopic (exact) mass is 163 g/mol. The Hall–Kier alpha value is -1.08. The summed E-state index contributed by atoms with van der Waals surface area (Å²) in [4.78, 5) is 0. The molecule has 1 heterocycles. The molecule has 56 valence electrons. The summed E-state index contributed by atoms with van der Waals surface area (Å²) in [6.07, 6.45) is 2.23. The lowest BCUT2D eigenvalue weighted by molar-refractivity contribution is 0.372. The molecule has 1 aromatic heterocycles. The van der Waals surface area contributed by atoms with Gasteiger partial charge >= 0.3 is 0 Å². The van der Waals surface area contributed by atoms with Crippen LogP contribution in [0.5, 0.6) is 5.75 Å². The minimum absolute atomic E-state index is 0.116. The summed E-state index contributed by atoms with van der Waals surface area (Å²) in [7, 11) is -4.66. The molecule has 0 aliphatic rings. The lowest BCUT2D eigenvalue weighted by atomic mass is 10.7. The van der Waals surface area contributed by atoms with Gasteiger partial charge in [-0.1, -0.05) is 0 Å². The van der Waals surface area contributed by atoms with Gasteiger partial charge in [0.05, 0.1) is 12.4 Å². The summed E-state index contributed by atoms with van der Waals surface area (Å²) < 4.78 is 33.5. The van der Waals surface area contributed by atoms with E-state index >= 15 is 0 Å². The van der Waals surface area contributed by atoms with Crippen LogP contribution in [-0.2, 0) is 10.4 Å². The van der Waals surface area contributed by atoms with Crippen LogP contribution in [0.4, 0.5) is 0 Å². The number of H-pyrrole nitrogens is 1. The van der Waals surface area contributed by atoms with Gasteiger partial charge in [0.25, 0.3) is 10.4 Å². The maximum atomic E-state index is 9.88. The van der Waals surface area contributed by atoms with Crippen LogP contribution in [0.15, 0.2) is 12.4 Å². The molecule has 1 N–H and O–H groups in total. The number of aromatic nitrogens is 2. The molecule has 0 unspecified atom stereocenters. The summed E-state index contributed by atoms with van der Waals surface area (Å²) in [6.45, 7) is 0. The van der Waals surface area contributed by atoms with Crippen molar-refractivity contribution in [1.82, 2.24) is 10.2 Å². The number of aromatic amines is 1. The van der Waals surface area contributed by atoms with Gasteiger partial charge in [0.2, 0.25) is 0 Å². The second-order valence-electron chi connectivity index (χ2n) is 1.43. The highest BCUT2D eigenvalue weighted by Crippen LogP contribution is 2.06. The van der Waals surface area contributed by atoms with Gasteiger partial charge in [-0.15, -0.1) is 0 Å². The normalized spacial score (nSPS) is 11.3. The van der Waals surface area contributed by atoms with E-state index in [0.29, 0.717) is 0 Å². The molecule has 0 bridgehead atoms. The third kappa shape index (κ3) is 2.03. The van der Waals surface area contributed by atoms with Crippen molar-refractivity contribution < 1.29 is 17.2 Å². The van der Waals surface area contributed by atoms with Crippen LogP contribution >= 0.6 is 0 Å². The average molecular weight is 163 g/mol. The largest absolute Gasteiger partial charge is 0.716 e. The van der Waals surface area contributed by atoms with Crippen molar-refractivity contribution in [3.8, 4) is 5.75 Å². The molecule has 1 rings (SSSR count). The minimum atomic E-state index is -4.66. The first kappa shape index (κ1) is 7.03. The van der Waals surface area contributed by atoms with Gasteiger partial charge < -0.3 is 8.74 Å². The van der Waals surface area contributed by atoms with Gasteiger partial charge in [-0.25, -0.2) is 8.42 Å². The Balaban J connectivity index is 2.75. The summed E-state index contributed by atoms with van der Waals surface area (Å²) in [5, 5.41) is 5.63. The predicted molar refractivity (Wildman–Crippen MR) is 28.9 cm³/mol. The molecule has 0 aliphatic heterocycles. The molecule has 10 heavy (non-hydrogen) atoms. The van der Waals surface area contributed by atoms with E-state index in [1.54, 1.807) is 0 Å². The standard InChI is InChI=1S/C3H4N2O4S/c6-10(7,8)9-3-1-4-5-2-3/h1-2H,(H,4,5)(H,6,7,8)/p-1. The van der Waals surface area contributed by atoms with Crippen molar-refractivity contribution >= 4 is 10.4 Å². The highest BCUT2D eigenvalue weighted by molar-refractivity contribution is 7.81. The highest BCUT2D eigenvalue weighted by Gasteiger charge is 1.97. The lowest BCUT2D eigenvalue weighted by Gasteiger charge is -2.04. The summed E-state index contributed by atoms with van der Waals surface area (Å²) in [5.41, 5.74) is 0. The van der Waals surface area contributed by atoms with Gasteiger partial charge in [-0.2, -0.15) is 5.10 Å². The van der Waals surface area contributed by atoms with Crippen LogP contribution in [0, 0.1) is 0 Å². The molecule has 0 aromatic carbocycles. The van der Waals surface area contributed by atoms with E-state index in [2.05, 4.69) is 14.4 Å². The maximum Gasteiger partial charge on any atom is 0.262 e. The van der Waals surface area contributed by atoms with Gasteiger partial charge in [0.15, 0.2) is 5.75 Å². The van der Waals surface area contributed by atoms with Gasteiger partial charge in [-0.3, -0.25) is 5.10 Å². The van der Waals surface area contributed by atoms with Crippen LogP contribution in [0.3, 0.4) is 0 Å². The van der Waals surface area contributed by atoms with Crippen molar-refractivity contribution in [2.45, 2.75) is 0 Å². The molecule has 0 saturated carbocycles. The average Bonchev–Trinajstić information content (AvgIpc) is 2.12. The van der Waals surface area contributed by atoms with Crippen molar-refractivity contribution in [2.75, 3.05) is 0 Å². The van der Waals surface area contributed by atoms with Gasteiger partial charge in [0, 0.05) is 0 Å². The molecule has 1 aromatic rings. The molecule has 6 nitrogen and oxygen atoms in total. The SMILES string of the molecule is O=S(=O)([O-])Oc1cn[nH]c1. The Morgan fingerprint density at radius 2 is 2.40 bits per heavy atom. The second-order valence-corrected chi connectivity index (χ2v) is 2.41. The van der Waals surface area contributed by atoms with Crippen molar-refractivity contribution in [1.29, 1.82) is 0 Å². The predicted octanol–water partition coefficient (Wildman–Crippen LogP) is -0.751.